The van der Waals surface area contributed by atoms with Gasteiger partial charge >= 0.3 is 0 Å². The smallest absolute Gasteiger partial charge is 0.231 e. The summed E-state index contributed by atoms with van der Waals surface area (Å²) in [5.74, 6) is -3.22. The van der Waals surface area contributed by atoms with Gasteiger partial charge in [-0.25, -0.2) is 0 Å². The summed E-state index contributed by atoms with van der Waals surface area (Å²) in [7, 11) is 1.56. The second-order valence-corrected chi connectivity index (χ2v) is 6.51. The number of hydrogen-bond donors (Lipinski definition) is 1. The number of carbonyl (C=O) groups excluding carboxylic acids is 1. The average Bonchev–Trinajstić information content (AvgIpc) is 2.96. The second kappa shape index (κ2) is 5.95. The maximum atomic E-state index is 12.2. The van der Waals surface area contributed by atoms with Crippen molar-refractivity contribution in [2.75, 3.05) is 20.3 Å². The van der Waals surface area contributed by atoms with Gasteiger partial charge in [0.2, 0.25) is 11.6 Å². The summed E-state index contributed by atoms with van der Waals surface area (Å²) in [6, 6.07) is 0. The predicted molar refractivity (Wildman–Crippen MR) is 75.5 cm³/mol. The Morgan fingerprint density at radius 3 is 2.43 bits per heavy atom. The van der Waals surface area contributed by atoms with E-state index in [1.54, 1.807) is 7.11 Å². The highest BCUT2D eigenvalue weighted by molar-refractivity contribution is 5.84. The summed E-state index contributed by atoms with van der Waals surface area (Å²) < 4.78 is 17.5. The Bertz CT molecular complexity index is 392. The summed E-state index contributed by atoms with van der Waals surface area (Å²) in [4.78, 5) is 12.2. The Morgan fingerprint density at radius 1 is 1.10 bits per heavy atom. The van der Waals surface area contributed by atoms with Crippen molar-refractivity contribution in [3.8, 4) is 0 Å². The number of Topliss-reactive ketones (excluding diaryl/α,β-unsaturated/α-hetero) is 1. The molecule has 3 atom stereocenters. The Morgan fingerprint density at radius 2 is 1.81 bits per heavy atom. The van der Waals surface area contributed by atoms with Gasteiger partial charge in [0.15, 0.2) is 0 Å². The highest BCUT2D eigenvalue weighted by Gasteiger charge is 2.65. The molecule has 0 aromatic carbocycles. The molecule has 3 rings (SSSR count). The molecule has 0 aromatic rings. The number of ketones is 1. The maximum Gasteiger partial charge on any atom is 0.231 e. The van der Waals surface area contributed by atoms with Gasteiger partial charge in [-0.15, -0.1) is 0 Å². The summed E-state index contributed by atoms with van der Waals surface area (Å²) >= 11 is 0. The van der Waals surface area contributed by atoms with Gasteiger partial charge in [-0.2, -0.15) is 0 Å². The standard InChI is InChI=1S/C16H26O5/c1-19-16(12-6-3-2-4-7-12)15(18,20-10-11-21-16)13-8-5-9-14(13)17/h12-13,18H,2-11H2,1H3. The van der Waals surface area contributed by atoms with Gasteiger partial charge in [0.25, 0.3) is 0 Å². The third-order valence-electron chi connectivity index (χ3n) is 5.44. The monoisotopic (exact) mass is 298 g/mol. The quantitative estimate of drug-likeness (QED) is 0.863. The van der Waals surface area contributed by atoms with Gasteiger partial charge in [-0.3, -0.25) is 4.79 Å². The molecular weight excluding hydrogens is 272 g/mol. The first-order valence-electron chi connectivity index (χ1n) is 8.22. The van der Waals surface area contributed by atoms with Crippen LogP contribution >= 0.6 is 0 Å². The topological polar surface area (TPSA) is 65.0 Å². The summed E-state index contributed by atoms with van der Waals surface area (Å²) in [6.07, 6.45) is 7.28. The largest absolute Gasteiger partial charge is 0.361 e. The number of ether oxygens (including phenoxy) is 3. The van der Waals surface area contributed by atoms with Gasteiger partial charge in [-0.05, 0) is 25.7 Å². The molecule has 0 aromatic heterocycles. The van der Waals surface area contributed by atoms with E-state index in [0.717, 1.165) is 32.1 Å². The molecule has 3 unspecified atom stereocenters. The van der Waals surface area contributed by atoms with Crippen LogP contribution in [0.5, 0.6) is 0 Å². The minimum Gasteiger partial charge on any atom is -0.361 e. The molecule has 0 bridgehead atoms. The molecule has 3 fully saturated rings. The van der Waals surface area contributed by atoms with Gasteiger partial charge in [0.1, 0.15) is 5.78 Å². The van der Waals surface area contributed by atoms with E-state index in [2.05, 4.69) is 0 Å². The first-order chi connectivity index (χ1) is 10.1. The number of methoxy groups -OCH3 is 1. The van der Waals surface area contributed by atoms with Crippen LogP contribution in [-0.2, 0) is 19.0 Å². The zero-order chi connectivity index (χ0) is 14.9. The van der Waals surface area contributed by atoms with E-state index in [1.165, 1.54) is 6.42 Å². The molecule has 2 aliphatic carbocycles. The van der Waals surface area contributed by atoms with Crippen LogP contribution in [0.4, 0.5) is 0 Å². The zero-order valence-electron chi connectivity index (χ0n) is 12.8. The lowest BCUT2D eigenvalue weighted by Crippen LogP contribution is -2.69. The molecule has 1 saturated heterocycles. The lowest BCUT2D eigenvalue weighted by Gasteiger charge is -2.54. The minimum absolute atomic E-state index is 0.0697. The second-order valence-electron chi connectivity index (χ2n) is 6.51. The van der Waals surface area contributed by atoms with Crippen molar-refractivity contribution in [2.24, 2.45) is 11.8 Å². The van der Waals surface area contributed by atoms with Crippen LogP contribution in [0.1, 0.15) is 51.4 Å². The van der Waals surface area contributed by atoms with E-state index >= 15 is 0 Å². The Balaban J connectivity index is 1.95. The van der Waals surface area contributed by atoms with Crippen LogP contribution in [0.3, 0.4) is 0 Å². The molecule has 5 nitrogen and oxygen atoms in total. The summed E-state index contributed by atoms with van der Waals surface area (Å²) in [5, 5.41) is 11.3. The lowest BCUT2D eigenvalue weighted by atomic mass is 9.74. The first-order valence-corrected chi connectivity index (χ1v) is 8.22. The van der Waals surface area contributed by atoms with Crippen molar-refractivity contribution in [1.82, 2.24) is 0 Å². The molecule has 5 heteroatoms. The van der Waals surface area contributed by atoms with Crippen LogP contribution in [-0.4, -0.2) is 42.8 Å². The predicted octanol–water partition coefficient (Wildman–Crippen LogP) is 2.01. The molecule has 1 N–H and O–H groups in total. The fourth-order valence-electron chi connectivity index (χ4n) is 4.43. The summed E-state index contributed by atoms with van der Waals surface area (Å²) in [5.41, 5.74) is 0. The molecule has 0 amide bonds. The highest BCUT2D eigenvalue weighted by atomic mass is 16.8. The Labute approximate surface area is 125 Å². The van der Waals surface area contributed by atoms with Crippen LogP contribution < -0.4 is 0 Å². The number of hydrogen-bond acceptors (Lipinski definition) is 5. The first kappa shape index (κ1) is 15.4. The van der Waals surface area contributed by atoms with Gasteiger partial charge in [0, 0.05) is 19.4 Å². The average molecular weight is 298 g/mol. The van der Waals surface area contributed by atoms with Crippen LogP contribution in [0.15, 0.2) is 0 Å². The molecule has 120 valence electrons. The van der Waals surface area contributed by atoms with Crippen molar-refractivity contribution in [3.63, 3.8) is 0 Å². The third-order valence-corrected chi connectivity index (χ3v) is 5.44. The molecule has 21 heavy (non-hydrogen) atoms. The van der Waals surface area contributed by atoms with Crippen molar-refractivity contribution in [1.29, 1.82) is 0 Å². The van der Waals surface area contributed by atoms with E-state index < -0.39 is 17.5 Å². The Hall–Kier alpha value is -0.490. The van der Waals surface area contributed by atoms with Crippen LogP contribution in [0.2, 0.25) is 0 Å². The number of carbonyl (C=O) groups is 1. The van der Waals surface area contributed by atoms with Gasteiger partial charge < -0.3 is 19.3 Å². The number of aliphatic hydroxyl groups is 1. The van der Waals surface area contributed by atoms with E-state index in [0.29, 0.717) is 26.1 Å². The molecular formula is C16H26O5. The normalized spacial score (nSPS) is 42.4. The lowest BCUT2D eigenvalue weighted by molar-refractivity contribution is -0.451. The number of rotatable bonds is 3. The third kappa shape index (κ3) is 2.34. The van der Waals surface area contributed by atoms with Crippen molar-refractivity contribution < 1.29 is 24.1 Å². The van der Waals surface area contributed by atoms with Crippen molar-refractivity contribution in [3.05, 3.63) is 0 Å². The fourth-order valence-corrected chi connectivity index (χ4v) is 4.43. The summed E-state index contributed by atoms with van der Waals surface area (Å²) in [6.45, 7) is 0.700. The van der Waals surface area contributed by atoms with Crippen molar-refractivity contribution >= 4 is 5.78 Å². The van der Waals surface area contributed by atoms with Gasteiger partial charge in [-0.1, -0.05) is 19.3 Å². The van der Waals surface area contributed by atoms with E-state index in [9.17, 15) is 9.90 Å². The molecule has 0 spiro atoms. The van der Waals surface area contributed by atoms with E-state index in [1.807, 2.05) is 0 Å². The molecule has 0 radical (unpaired) electrons. The van der Waals surface area contributed by atoms with Crippen LogP contribution in [0.25, 0.3) is 0 Å². The van der Waals surface area contributed by atoms with E-state index in [4.69, 9.17) is 14.2 Å². The maximum absolute atomic E-state index is 12.2. The molecule has 1 aliphatic heterocycles. The van der Waals surface area contributed by atoms with E-state index in [-0.39, 0.29) is 11.7 Å². The van der Waals surface area contributed by atoms with Crippen LogP contribution in [0, 0.1) is 11.8 Å². The zero-order valence-corrected chi connectivity index (χ0v) is 12.8. The minimum atomic E-state index is -1.64. The highest BCUT2D eigenvalue weighted by Crippen LogP contribution is 2.50. The SMILES string of the molecule is COC1(C2CCCCC2)OCCOC1(O)C1CCCC1=O. The molecule has 2 saturated carbocycles. The van der Waals surface area contributed by atoms with Gasteiger partial charge in [0.05, 0.1) is 19.1 Å². The molecule has 1 heterocycles. The fraction of sp³-hybridized carbons (Fsp3) is 0.938. The molecule has 3 aliphatic rings. The Kier molecular flexibility index (Phi) is 4.37. The van der Waals surface area contributed by atoms with Crippen molar-refractivity contribution in [2.45, 2.75) is 62.9 Å².